The van der Waals surface area contributed by atoms with E-state index in [2.05, 4.69) is 20.8 Å². The van der Waals surface area contributed by atoms with Crippen molar-refractivity contribution < 1.29 is 18.4 Å². The van der Waals surface area contributed by atoms with Crippen LogP contribution in [0.4, 0.5) is 10.1 Å². The number of nitrogens with zero attached hydrogens (tertiary/aromatic N) is 2. The molecule has 1 unspecified atom stereocenters. The summed E-state index contributed by atoms with van der Waals surface area (Å²) in [7, 11) is 0. The lowest BCUT2D eigenvalue weighted by Crippen LogP contribution is -2.28. The zero-order valence-electron chi connectivity index (χ0n) is 12.8. The Balaban J connectivity index is 1.53. The molecule has 2 aromatic rings. The van der Waals surface area contributed by atoms with E-state index in [1.165, 1.54) is 36.7 Å². The molecule has 0 aliphatic carbocycles. The number of anilines is 1. The molecule has 3 rings (SSSR count). The van der Waals surface area contributed by atoms with Crippen LogP contribution in [0.25, 0.3) is 0 Å². The SMILES string of the molecule is O=C(CC1S/C(=N/N=C\c2ccco2)NC1=O)Nc1ccc(F)cc1. The summed E-state index contributed by atoms with van der Waals surface area (Å²) in [6.07, 6.45) is 2.89. The number of hydrogen-bond donors (Lipinski definition) is 2. The summed E-state index contributed by atoms with van der Waals surface area (Å²) in [5.41, 5.74) is 0.465. The maximum Gasteiger partial charge on any atom is 0.240 e. The Morgan fingerprint density at radius 1 is 1.36 bits per heavy atom. The molecule has 0 bridgehead atoms. The normalized spacial score (nSPS) is 18.7. The molecule has 1 aliphatic rings. The van der Waals surface area contributed by atoms with Gasteiger partial charge in [0.25, 0.3) is 0 Å². The van der Waals surface area contributed by atoms with Gasteiger partial charge in [-0.15, -0.1) is 5.10 Å². The lowest BCUT2D eigenvalue weighted by Gasteiger charge is -2.07. The number of nitrogens with one attached hydrogen (secondary N) is 2. The van der Waals surface area contributed by atoms with Crippen molar-refractivity contribution in [1.82, 2.24) is 5.32 Å². The number of carbonyl (C=O) groups is 2. The number of amides is 2. The van der Waals surface area contributed by atoms with E-state index in [4.69, 9.17) is 4.42 Å². The third-order valence-corrected chi connectivity index (χ3v) is 4.22. The average Bonchev–Trinajstić information content (AvgIpc) is 3.20. The fourth-order valence-corrected chi connectivity index (χ4v) is 2.93. The van der Waals surface area contributed by atoms with Crippen molar-refractivity contribution >= 4 is 40.6 Å². The van der Waals surface area contributed by atoms with Gasteiger partial charge in [0.05, 0.1) is 12.5 Å². The average molecular weight is 360 g/mol. The van der Waals surface area contributed by atoms with Crippen LogP contribution in [0, 0.1) is 5.82 Å². The molecule has 1 aliphatic heterocycles. The first-order valence-electron chi connectivity index (χ1n) is 7.27. The molecule has 7 nitrogen and oxygen atoms in total. The molecule has 1 saturated heterocycles. The van der Waals surface area contributed by atoms with Gasteiger partial charge in [-0.25, -0.2) is 4.39 Å². The van der Waals surface area contributed by atoms with Crippen molar-refractivity contribution in [1.29, 1.82) is 0 Å². The summed E-state index contributed by atoms with van der Waals surface area (Å²) in [6.45, 7) is 0. The van der Waals surface area contributed by atoms with Crippen molar-refractivity contribution in [2.75, 3.05) is 5.32 Å². The molecular weight excluding hydrogens is 347 g/mol. The zero-order chi connectivity index (χ0) is 17.6. The summed E-state index contributed by atoms with van der Waals surface area (Å²) >= 11 is 1.12. The Kier molecular flexibility index (Phi) is 5.24. The summed E-state index contributed by atoms with van der Waals surface area (Å²) in [4.78, 5) is 23.9. The van der Waals surface area contributed by atoms with E-state index in [1.54, 1.807) is 12.1 Å². The summed E-state index contributed by atoms with van der Waals surface area (Å²) < 4.78 is 17.9. The lowest BCUT2D eigenvalue weighted by molar-refractivity contribution is -0.122. The second-order valence-corrected chi connectivity index (χ2v) is 6.21. The van der Waals surface area contributed by atoms with Crippen LogP contribution >= 0.6 is 11.8 Å². The molecule has 9 heteroatoms. The largest absolute Gasteiger partial charge is 0.463 e. The van der Waals surface area contributed by atoms with Gasteiger partial charge in [-0.05, 0) is 36.4 Å². The van der Waals surface area contributed by atoms with E-state index < -0.39 is 5.25 Å². The smallest absolute Gasteiger partial charge is 0.240 e. The first kappa shape index (κ1) is 16.9. The van der Waals surface area contributed by atoms with Gasteiger partial charge in [-0.3, -0.25) is 9.59 Å². The Labute approximate surface area is 146 Å². The molecule has 2 heterocycles. The molecule has 1 fully saturated rings. The van der Waals surface area contributed by atoms with Crippen molar-refractivity contribution in [2.24, 2.45) is 10.2 Å². The fourth-order valence-electron chi connectivity index (χ4n) is 2.00. The molecule has 128 valence electrons. The van der Waals surface area contributed by atoms with E-state index in [1.807, 2.05) is 0 Å². The Bertz CT molecular complexity index is 818. The third kappa shape index (κ3) is 4.77. The Morgan fingerprint density at radius 2 is 2.16 bits per heavy atom. The molecular formula is C16H13FN4O3S. The molecule has 2 N–H and O–H groups in total. The number of hydrogen-bond acceptors (Lipinski definition) is 6. The van der Waals surface area contributed by atoms with Gasteiger partial charge in [0.1, 0.15) is 16.8 Å². The van der Waals surface area contributed by atoms with Gasteiger partial charge >= 0.3 is 0 Å². The third-order valence-electron chi connectivity index (χ3n) is 3.15. The molecule has 0 spiro atoms. The summed E-state index contributed by atoms with van der Waals surface area (Å²) in [6, 6.07) is 8.82. The van der Waals surface area contributed by atoms with E-state index in [0.717, 1.165) is 11.8 Å². The van der Waals surface area contributed by atoms with Gasteiger partial charge in [0.15, 0.2) is 5.17 Å². The second-order valence-electron chi connectivity index (χ2n) is 5.02. The molecule has 1 aromatic heterocycles. The lowest BCUT2D eigenvalue weighted by atomic mass is 10.2. The van der Waals surface area contributed by atoms with Crippen molar-refractivity contribution in [3.63, 3.8) is 0 Å². The highest BCUT2D eigenvalue weighted by Crippen LogP contribution is 2.23. The number of amidine groups is 1. The molecule has 1 aromatic carbocycles. The minimum atomic E-state index is -0.599. The highest BCUT2D eigenvalue weighted by atomic mass is 32.2. The first-order chi connectivity index (χ1) is 12.1. The number of thioether (sulfide) groups is 1. The van der Waals surface area contributed by atoms with E-state index >= 15 is 0 Å². The minimum absolute atomic E-state index is 0.0329. The Morgan fingerprint density at radius 3 is 2.88 bits per heavy atom. The van der Waals surface area contributed by atoms with Crippen molar-refractivity contribution in [2.45, 2.75) is 11.7 Å². The predicted octanol–water partition coefficient (Wildman–Crippen LogP) is 2.37. The maximum atomic E-state index is 12.8. The predicted molar refractivity (Wildman–Crippen MR) is 92.9 cm³/mol. The highest BCUT2D eigenvalue weighted by molar-refractivity contribution is 8.15. The monoisotopic (exact) mass is 360 g/mol. The molecule has 1 atom stereocenters. The topological polar surface area (TPSA) is 96.1 Å². The maximum absolute atomic E-state index is 12.8. The number of benzene rings is 1. The molecule has 0 radical (unpaired) electrons. The van der Waals surface area contributed by atoms with Crippen LogP contribution < -0.4 is 10.6 Å². The van der Waals surface area contributed by atoms with Crippen LogP contribution in [0.3, 0.4) is 0 Å². The molecule has 0 saturated carbocycles. The first-order valence-corrected chi connectivity index (χ1v) is 8.15. The fraction of sp³-hybridized carbons (Fsp3) is 0.125. The Hall–Kier alpha value is -2.94. The van der Waals surface area contributed by atoms with Crippen LogP contribution in [-0.4, -0.2) is 28.4 Å². The van der Waals surface area contributed by atoms with Gasteiger partial charge in [0, 0.05) is 12.1 Å². The number of rotatable bonds is 5. The van der Waals surface area contributed by atoms with Crippen LogP contribution in [0.15, 0.2) is 57.3 Å². The van der Waals surface area contributed by atoms with Gasteiger partial charge in [-0.1, -0.05) is 11.8 Å². The van der Waals surface area contributed by atoms with Crippen molar-refractivity contribution in [3.05, 3.63) is 54.2 Å². The molecule has 25 heavy (non-hydrogen) atoms. The quantitative estimate of drug-likeness (QED) is 0.632. The zero-order valence-corrected chi connectivity index (χ0v) is 13.6. The van der Waals surface area contributed by atoms with Crippen LogP contribution in [-0.2, 0) is 9.59 Å². The number of carbonyl (C=O) groups excluding carboxylic acids is 2. The van der Waals surface area contributed by atoms with E-state index in [0.29, 0.717) is 16.6 Å². The summed E-state index contributed by atoms with van der Waals surface area (Å²) in [5, 5.41) is 12.6. The van der Waals surface area contributed by atoms with Crippen molar-refractivity contribution in [3.8, 4) is 0 Å². The minimum Gasteiger partial charge on any atom is -0.463 e. The second kappa shape index (κ2) is 7.75. The van der Waals surface area contributed by atoms with Crippen LogP contribution in [0.5, 0.6) is 0 Å². The van der Waals surface area contributed by atoms with E-state index in [-0.39, 0.29) is 24.1 Å². The van der Waals surface area contributed by atoms with Gasteiger partial charge < -0.3 is 15.1 Å². The standard InChI is InChI=1S/C16H13FN4O3S/c17-10-3-5-11(6-4-10)19-14(22)8-13-15(23)20-16(25-13)21-18-9-12-2-1-7-24-12/h1-7,9,13H,8H2,(H,19,22)(H,20,21,23)/b18-9-. The number of furan rings is 1. The summed E-state index contributed by atoms with van der Waals surface area (Å²) in [5.74, 6) is -0.514. The van der Waals surface area contributed by atoms with Crippen LogP contribution in [0.2, 0.25) is 0 Å². The highest BCUT2D eigenvalue weighted by Gasteiger charge is 2.32. The van der Waals surface area contributed by atoms with E-state index in [9.17, 15) is 14.0 Å². The molecule has 2 amide bonds. The van der Waals surface area contributed by atoms with Gasteiger partial charge in [-0.2, -0.15) is 5.10 Å². The van der Waals surface area contributed by atoms with Gasteiger partial charge in [0.2, 0.25) is 11.8 Å². The number of halogens is 1. The van der Waals surface area contributed by atoms with Crippen LogP contribution in [0.1, 0.15) is 12.2 Å².